The van der Waals surface area contributed by atoms with Crippen LogP contribution in [0.3, 0.4) is 0 Å². The summed E-state index contributed by atoms with van der Waals surface area (Å²) in [6.07, 6.45) is 1.81. The number of hydrogen-bond donors (Lipinski definition) is 2. The van der Waals surface area contributed by atoms with Gasteiger partial charge < -0.3 is 10.6 Å². The largest absolute Gasteiger partial charge is 0.363 e. The van der Waals surface area contributed by atoms with Crippen molar-refractivity contribution in [3.63, 3.8) is 0 Å². The predicted molar refractivity (Wildman–Crippen MR) is 81.1 cm³/mol. The van der Waals surface area contributed by atoms with Crippen LogP contribution in [0.15, 0.2) is 17.6 Å². The normalized spacial score (nSPS) is 10.8. The summed E-state index contributed by atoms with van der Waals surface area (Å²) in [6.45, 7) is 2.76. The van der Waals surface area contributed by atoms with E-state index in [9.17, 15) is 0 Å². The molecule has 0 fully saturated rings. The molecule has 0 amide bonds. The van der Waals surface area contributed by atoms with E-state index >= 15 is 0 Å². The van der Waals surface area contributed by atoms with Crippen molar-refractivity contribution in [1.29, 1.82) is 0 Å². The molecule has 0 unspecified atom stereocenters. The zero-order chi connectivity index (χ0) is 13.2. The van der Waals surface area contributed by atoms with Crippen molar-refractivity contribution in [3.8, 4) is 0 Å². The van der Waals surface area contributed by atoms with E-state index in [1.165, 1.54) is 4.88 Å². The minimum Gasteiger partial charge on any atom is -0.363 e. The first-order valence-electron chi connectivity index (χ1n) is 5.84. The number of aromatic nitrogens is 3. The Morgan fingerprint density at radius 3 is 2.95 bits per heavy atom. The molecular weight excluding hydrogens is 278 g/mol. The first-order valence-corrected chi connectivity index (χ1v) is 7.54. The van der Waals surface area contributed by atoms with Crippen molar-refractivity contribution in [2.45, 2.75) is 13.5 Å². The molecule has 0 saturated heterocycles. The van der Waals surface area contributed by atoms with Crippen LogP contribution in [0, 0.1) is 6.92 Å². The second-order valence-electron chi connectivity index (χ2n) is 4.00. The molecule has 0 radical (unpaired) electrons. The Balaban J connectivity index is 1.96. The van der Waals surface area contributed by atoms with Gasteiger partial charge in [-0.3, -0.25) is 0 Å². The van der Waals surface area contributed by atoms with Crippen LogP contribution in [0.2, 0.25) is 0 Å². The van der Waals surface area contributed by atoms with Gasteiger partial charge in [0.2, 0.25) is 5.95 Å². The average molecular weight is 291 g/mol. The highest BCUT2D eigenvalue weighted by atomic mass is 32.1. The van der Waals surface area contributed by atoms with Crippen molar-refractivity contribution in [3.05, 3.63) is 27.5 Å². The molecule has 3 aromatic heterocycles. The van der Waals surface area contributed by atoms with Crippen LogP contribution >= 0.6 is 22.7 Å². The SMILES string of the molecule is CNc1nc(NCc2nccs2)c2cc(C)sc2n1. The van der Waals surface area contributed by atoms with Crippen LogP contribution in [0.4, 0.5) is 11.8 Å². The topological polar surface area (TPSA) is 62.7 Å². The van der Waals surface area contributed by atoms with E-state index in [1.807, 2.05) is 18.6 Å². The lowest BCUT2D eigenvalue weighted by molar-refractivity contribution is 1.07. The summed E-state index contributed by atoms with van der Waals surface area (Å²) >= 11 is 3.31. The number of nitrogens with zero attached hydrogens (tertiary/aromatic N) is 3. The van der Waals surface area contributed by atoms with Crippen molar-refractivity contribution < 1.29 is 0 Å². The minimum atomic E-state index is 0.635. The van der Waals surface area contributed by atoms with E-state index in [0.717, 1.165) is 21.0 Å². The van der Waals surface area contributed by atoms with E-state index in [1.54, 1.807) is 22.7 Å². The molecule has 0 aromatic carbocycles. The summed E-state index contributed by atoms with van der Waals surface area (Å²) < 4.78 is 0. The summed E-state index contributed by atoms with van der Waals surface area (Å²) in [5.41, 5.74) is 0. The van der Waals surface area contributed by atoms with Gasteiger partial charge in [0.15, 0.2) is 0 Å². The predicted octanol–water partition coefficient (Wildman–Crippen LogP) is 3.11. The lowest BCUT2D eigenvalue weighted by atomic mass is 10.3. The quantitative estimate of drug-likeness (QED) is 0.773. The van der Waals surface area contributed by atoms with Crippen LogP contribution in [0.1, 0.15) is 9.88 Å². The van der Waals surface area contributed by atoms with Gasteiger partial charge in [-0.05, 0) is 13.0 Å². The summed E-state index contributed by atoms with van der Waals surface area (Å²) in [5.74, 6) is 1.49. The van der Waals surface area contributed by atoms with Crippen molar-refractivity contribution in [2.24, 2.45) is 0 Å². The Kier molecular flexibility index (Phi) is 3.31. The summed E-state index contributed by atoms with van der Waals surface area (Å²) in [6, 6.07) is 2.11. The van der Waals surface area contributed by atoms with E-state index in [2.05, 4.69) is 38.6 Å². The monoisotopic (exact) mass is 291 g/mol. The molecule has 0 atom stereocenters. The molecule has 0 aliphatic carbocycles. The lowest BCUT2D eigenvalue weighted by Crippen LogP contribution is -2.04. The molecule has 3 aromatic rings. The van der Waals surface area contributed by atoms with Gasteiger partial charge in [-0.25, -0.2) is 9.97 Å². The first-order chi connectivity index (χ1) is 9.26. The van der Waals surface area contributed by atoms with E-state index in [0.29, 0.717) is 12.5 Å². The number of thiazole rings is 1. The molecule has 0 aliphatic rings. The maximum atomic E-state index is 4.48. The molecule has 98 valence electrons. The number of anilines is 2. The zero-order valence-corrected chi connectivity index (χ0v) is 12.2. The Morgan fingerprint density at radius 1 is 1.32 bits per heavy atom. The van der Waals surface area contributed by atoms with Crippen LogP contribution in [0.5, 0.6) is 0 Å². The Labute approximate surface area is 118 Å². The molecule has 0 aliphatic heterocycles. The number of thiophene rings is 1. The maximum absolute atomic E-state index is 4.48. The second kappa shape index (κ2) is 5.10. The van der Waals surface area contributed by atoms with Crippen LogP contribution in [-0.4, -0.2) is 22.0 Å². The Bertz CT molecular complexity index is 690. The fourth-order valence-corrected chi connectivity index (χ4v) is 3.22. The number of hydrogen-bond acceptors (Lipinski definition) is 7. The first kappa shape index (κ1) is 12.3. The van der Waals surface area contributed by atoms with Gasteiger partial charge in [0.1, 0.15) is 15.7 Å². The molecule has 2 N–H and O–H groups in total. The number of nitrogens with one attached hydrogen (secondary N) is 2. The third kappa shape index (κ3) is 2.52. The third-order valence-corrected chi connectivity index (χ3v) is 4.35. The molecule has 3 rings (SSSR count). The smallest absolute Gasteiger partial charge is 0.225 e. The van der Waals surface area contributed by atoms with Crippen LogP contribution < -0.4 is 10.6 Å². The van der Waals surface area contributed by atoms with Crippen molar-refractivity contribution in [2.75, 3.05) is 17.7 Å². The highest BCUT2D eigenvalue weighted by Gasteiger charge is 2.10. The minimum absolute atomic E-state index is 0.635. The van der Waals surface area contributed by atoms with E-state index < -0.39 is 0 Å². The van der Waals surface area contributed by atoms with Gasteiger partial charge >= 0.3 is 0 Å². The molecule has 0 bridgehead atoms. The molecule has 19 heavy (non-hydrogen) atoms. The second-order valence-corrected chi connectivity index (χ2v) is 6.21. The third-order valence-electron chi connectivity index (χ3n) is 2.63. The highest BCUT2D eigenvalue weighted by Crippen LogP contribution is 2.29. The standard InChI is InChI=1S/C12H13N5S2/c1-7-5-8-10(15-6-9-14-3-4-18-9)16-12(13-2)17-11(8)19-7/h3-5H,6H2,1-2H3,(H2,13,15,16,17). The maximum Gasteiger partial charge on any atom is 0.225 e. The van der Waals surface area contributed by atoms with Gasteiger partial charge in [0, 0.05) is 23.5 Å². The van der Waals surface area contributed by atoms with Gasteiger partial charge in [0.25, 0.3) is 0 Å². The van der Waals surface area contributed by atoms with E-state index in [4.69, 9.17) is 0 Å². The van der Waals surface area contributed by atoms with Gasteiger partial charge in [-0.1, -0.05) is 0 Å². The van der Waals surface area contributed by atoms with Crippen LogP contribution in [0.25, 0.3) is 10.2 Å². The summed E-state index contributed by atoms with van der Waals surface area (Å²) in [5, 5.41) is 10.4. The average Bonchev–Trinajstić information content (AvgIpc) is 3.03. The van der Waals surface area contributed by atoms with Crippen molar-refractivity contribution in [1.82, 2.24) is 15.0 Å². The van der Waals surface area contributed by atoms with Gasteiger partial charge in [-0.2, -0.15) is 4.98 Å². The summed E-state index contributed by atoms with van der Waals surface area (Å²) in [7, 11) is 1.83. The molecule has 7 heteroatoms. The Morgan fingerprint density at radius 2 is 2.21 bits per heavy atom. The fourth-order valence-electron chi connectivity index (χ4n) is 1.79. The molecule has 0 spiro atoms. The summed E-state index contributed by atoms with van der Waals surface area (Å²) in [4.78, 5) is 15.4. The van der Waals surface area contributed by atoms with Gasteiger partial charge in [-0.15, -0.1) is 22.7 Å². The number of fused-ring (bicyclic) bond motifs is 1. The number of rotatable bonds is 4. The number of aryl methyl sites for hydroxylation is 1. The molecule has 5 nitrogen and oxygen atoms in total. The molecular formula is C12H13N5S2. The highest BCUT2D eigenvalue weighted by molar-refractivity contribution is 7.18. The zero-order valence-electron chi connectivity index (χ0n) is 10.6. The molecule has 3 heterocycles. The van der Waals surface area contributed by atoms with Gasteiger partial charge in [0.05, 0.1) is 11.9 Å². The van der Waals surface area contributed by atoms with Crippen LogP contribution in [-0.2, 0) is 6.54 Å². The fraction of sp³-hybridized carbons (Fsp3) is 0.250. The molecule has 0 saturated carbocycles. The van der Waals surface area contributed by atoms with E-state index in [-0.39, 0.29) is 0 Å². The Hall–Kier alpha value is -1.73. The lowest BCUT2D eigenvalue weighted by Gasteiger charge is -2.07. The van der Waals surface area contributed by atoms with Crippen molar-refractivity contribution >= 4 is 44.7 Å².